The normalized spacial score (nSPS) is 11.8. The first-order chi connectivity index (χ1) is 7.24. The molecule has 0 aliphatic carbocycles. The second kappa shape index (κ2) is 4.22. The molecule has 90 valence electrons. The molecule has 0 saturated carbocycles. The maximum Gasteiger partial charge on any atom is 0.314 e. The fraction of sp³-hybridized carbons (Fsp3) is 0.500. The molecule has 1 N–H and O–H groups in total. The van der Waals surface area contributed by atoms with Crippen LogP contribution in [0.2, 0.25) is 0 Å². The lowest BCUT2D eigenvalue weighted by molar-refractivity contribution is 0.100. The molecule has 0 amide bonds. The zero-order chi connectivity index (χ0) is 12.5. The van der Waals surface area contributed by atoms with E-state index in [4.69, 9.17) is 0 Å². The van der Waals surface area contributed by atoms with Gasteiger partial charge in [-0.2, -0.15) is 12.7 Å². The van der Waals surface area contributed by atoms with E-state index in [2.05, 4.69) is 9.82 Å². The molecule has 7 nitrogen and oxygen atoms in total. The van der Waals surface area contributed by atoms with Gasteiger partial charge in [-0.3, -0.25) is 4.79 Å². The summed E-state index contributed by atoms with van der Waals surface area (Å²) in [4.78, 5) is 17.3. The van der Waals surface area contributed by atoms with Gasteiger partial charge < -0.3 is 0 Å². The summed E-state index contributed by atoms with van der Waals surface area (Å²) in [6.45, 7) is 3.00. The number of carbonyl (C=O) groups excluding carboxylic acids is 1. The monoisotopic (exact) mass is 246 g/mol. The summed E-state index contributed by atoms with van der Waals surface area (Å²) in [7, 11) is -0.863. The van der Waals surface area contributed by atoms with E-state index in [-0.39, 0.29) is 11.6 Å². The van der Waals surface area contributed by atoms with Crippen molar-refractivity contribution in [3.05, 3.63) is 17.7 Å². The third-order valence-electron chi connectivity index (χ3n) is 1.84. The number of imidazole rings is 1. The van der Waals surface area contributed by atoms with Crippen LogP contribution < -0.4 is 4.83 Å². The lowest BCUT2D eigenvalue weighted by Crippen LogP contribution is -2.35. The van der Waals surface area contributed by atoms with E-state index in [0.717, 1.165) is 8.98 Å². The first-order valence-corrected chi connectivity index (χ1v) is 5.95. The number of hydrogen-bond donors (Lipinski definition) is 1. The number of nitrogens with one attached hydrogen (secondary N) is 1. The molecule has 0 bridgehead atoms. The van der Waals surface area contributed by atoms with E-state index in [9.17, 15) is 13.2 Å². The van der Waals surface area contributed by atoms with Gasteiger partial charge in [0.05, 0.1) is 11.9 Å². The van der Waals surface area contributed by atoms with Crippen LogP contribution in [-0.2, 0) is 10.2 Å². The summed E-state index contributed by atoms with van der Waals surface area (Å²) >= 11 is 0. The van der Waals surface area contributed by atoms with E-state index in [0.29, 0.717) is 5.69 Å². The Hall–Kier alpha value is -1.41. The first-order valence-electron chi connectivity index (χ1n) is 4.51. The standard InChI is InChI=1S/C8H14N4O3S/c1-6-5-12(8(9-6)7(2)13)10-16(14,15)11(3)4/h5,10H,1-4H3. The summed E-state index contributed by atoms with van der Waals surface area (Å²) < 4.78 is 25.2. The second-order valence-corrected chi connectivity index (χ2v) is 5.37. The fourth-order valence-corrected chi connectivity index (χ4v) is 1.57. The minimum atomic E-state index is -3.64. The Morgan fingerprint density at radius 2 is 2.06 bits per heavy atom. The molecule has 0 aliphatic heterocycles. The summed E-state index contributed by atoms with van der Waals surface area (Å²) in [5, 5.41) is 0. The number of carbonyl (C=O) groups is 1. The minimum absolute atomic E-state index is 0.0583. The third-order valence-corrected chi connectivity index (χ3v) is 3.22. The first kappa shape index (κ1) is 12.7. The van der Waals surface area contributed by atoms with Crippen molar-refractivity contribution in [2.24, 2.45) is 0 Å². The van der Waals surface area contributed by atoms with Crippen molar-refractivity contribution >= 4 is 16.0 Å². The highest BCUT2D eigenvalue weighted by atomic mass is 32.2. The molecule has 0 aromatic carbocycles. The Morgan fingerprint density at radius 1 is 1.50 bits per heavy atom. The molecular weight excluding hydrogens is 232 g/mol. The van der Waals surface area contributed by atoms with Crippen molar-refractivity contribution < 1.29 is 13.2 Å². The van der Waals surface area contributed by atoms with E-state index < -0.39 is 10.2 Å². The summed E-state index contributed by atoms with van der Waals surface area (Å²) in [5.41, 5.74) is 0.562. The van der Waals surface area contributed by atoms with Crippen molar-refractivity contribution in [2.75, 3.05) is 18.9 Å². The van der Waals surface area contributed by atoms with E-state index in [1.807, 2.05) is 0 Å². The van der Waals surface area contributed by atoms with Gasteiger partial charge in [-0.25, -0.2) is 14.5 Å². The number of nitrogens with zero attached hydrogens (tertiary/aromatic N) is 3. The molecule has 0 unspecified atom stereocenters. The lowest BCUT2D eigenvalue weighted by Gasteiger charge is -2.14. The highest BCUT2D eigenvalue weighted by Gasteiger charge is 2.17. The van der Waals surface area contributed by atoms with Crippen LogP contribution in [-0.4, -0.2) is 42.3 Å². The number of ketones is 1. The molecule has 0 spiro atoms. The van der Waals surface area contributed by atoms with Crippen LogP contribution in [0.15, 0.2) is 6.20 Å². The van der Waals surface area contributed by atoms with Crippen LogP contribution in [0.3, 0.4) is 0 Å². The maximum atomic E-state index is 11.5. The van der Waals surface area contributed by atoms with Crippen LogP contribution in [0.5, 0.6) is 0 Å². The summed E-state index contributed by atoms with van der Waals surface area (Å²) in [5.74, 6) is -0.252. The van der Waals surface area contributed by atoms with Crippen LogP contribution in [0, 0.1) is 6.92 Å². The molecule has 1 aromatic heterocycles. The van der Waals surface area contributed by atoms with Crippen molar-refractivity contribution in [2.45, 2.75) is 13.8 Å². The molecule has 0 radical (unpaired) electrons. The fourth-order valence-electron chi connectivity index (χ4n) is 1.02. The third kappa shape index (κ3) is 2.58. The SMILES string of the molecule is CC(=O)c1nc(C)cn1NS(=O)(=O)N(C)C. The molecule has 0 atom stereocenters. The van der Waals surface area contributed by atoms with Gasteiger partial charge in [0.2, 0.25) is 0 Å². The quantitative estimate of drug-likeness (QED) is 0.742. The van der Waals surface area contributed by atoms with Gasteiger partial charge in [0.15, 0.2) is 11.6 Å². The molecule has 1 heterocycles. The average Bonchev–Trinajstić information content (AvgIpc) is 2.45. The summed E-state index contributed by atoms with van der Waals surface area (Å²) in [6, 6.07) is 0. The Bertz CT molecular complexity index is 503. The van der Waals surface area contributed by atoms with Crippen molar-refractivity contribution in [3.63, 3.8) is 0 Å². The maximum absolute atomic E-state index is 11.5. The zero-order valence-corrected chi connectivity index (χ0v) is 10.4. The minimum Gasteiger partial charge on any atom is -0.291 e. The lowest BCUT2D eigenvalue weighted by atomic mass is 10.4. The Morgan fingerprint density at radius 3 is 2.50 bits per heavy atom. The van der Waals surface area contributed by atoms with Crippen LogP contribution in [0.1, 0.15) is 23.2 Å². The number of aromatic nitrogens is 2. The Balaban J connectivity index is 3.11. The van der Waals surface area contributed by atoms with Crippen molar-refractivity contribution in [3.8, 4) is 0 Å². The van der Waals surface area contributed by atoms with E-state index in [1.165, 1.54) is 27.2 Å². The molecule has 0 fully saturated rings. The van der Waals surface area contributed by atoms with Gasteiger partial charge in [-0.15, -0.1) is 0 Å². The van der Waals surface area contributed by atoms with Crippen molar-refractivity contribution in [1.29, 1.82) is 0 Å². The second-order valence-electron chi connectivity index (χ2n) is 3.51. The molecule has 16 heavy (non-hydrogen) atoms. The molecule has 1 aromatic rings. The molecule has 8 heteroatoms. The smallest absolute Gasteiger partial charge is 0.291 e. The highest BCUT2D eigenvalue weighted by Crippen LogP contribution is 2.03. The zero-order valence-electron chi connectivity index (χ0n) is 9.55. The number of rotatable bonds is 4. The highest BCUT2D eigenvalue weighted by molar-refractivity contribution is 7.89. The Kier molecular flexibility index (Phi) is 3.34. The predicted octanol–water partition coefficient (Wildman–Crippen LogP) is -0.256. The summed E-state index contributed by atoms with van der Waals surface area (Å²) in [6.07, 6.45) is 1.44. The van der Waals surface area contributed by atoms with E-state index in [1.54, 1.807) is 6.92 Å². The van der Waals surface area contributed by atoms with E-state index >= 15 is 0 Å². The van der Waals surface area contributed by atoms with Gasteiger partial charge in [-0.05, 0) is 6.92 Å². The Labute approximate surface area is 94.2 Å². The van der Waals surface area contributed by atoms with Gasteiger partial charge in [0.25, 0.3) is 0 Å². The topological polar surface area (TPSA) is 84.3 Å². The molecule has 1 rings (SSSR count). The van der Waals surface area contributed by atoms with Gasteiger partial charge in [-0.1, -0.05) is 0 Å². The van der Waals surface area contributed by atoms with Gasteiger partial charge in [0, 0.05) is 21.0 Å². The van der Waals surface area contributed by atoms with Crippen LogP contribution in [0.4, 0.5) is 0 Å². The molecule has 0 saturated heterocycles. The predicted molar refractivity (Wildman–Crippen MR) is 58.9 cm³/mol. The van der Waals surface area contributed by atoms with Crippen LogP contribution >= 0.6 is 0 Å². The molecule has 0 aliphatic rings. The van der Waals surface area contributed by atoms with Crippen LogP contribution in [0.25, 0.3) is 0 Å². The number of aryl methyl sites for hydroxylation is 1. The average molecular weight is 246 g/mol. The largest absolute Gasteiger partial charge is 0.314 e. The van der Waals surface area contributed by atoms with Crippen molar-refractivity contribution in [1.82, 2.24) is 14.0 Å². The van der Waals surface area contributed by atoms with Gasteiger partial charge >= 0.3 is 10.2 Å². The van der Waals surface area contributed by atoms with Gasteiger partial charge in [0.1, 0.15) is 0 Å². The number of Topliss-reactive ketones (excluding diaryl/α,β-unsaturated/α-hetero) is 1. The molecular formula is C8H14N4O3S. The number of hydrogen-bond acceptors (Lipinski definition) is 4.